The Kier molecular flexibility index (Phi) is 4.48. The summed E-state index contributed by atoms with van der Waals surface area (Å²) in [5, 5.41) is 6.21. The normalized spacial score (nSPS) is 12.8. The Balaban J connectivity index is 1.65. The zero-order chi connectivity index (χ0) is 16.2. The van der Waals surface area contributed by atoms with Crippen LogP contribution in [0.4, 0.5) is 5.69 Å². The number of carbonyl (C=O) groups is 2. The Hall–Kier alpha value is -2.53. The summed E-state index contributed by atoms with van der Waals surface area (Å²) in [7, 11) is 0. The van der Waals surface area contributed by atoms with Crippen molar-refractivity contribution in [3.05, 3.63) is 58.6 Å². The predicted octanol–water partition coefficient (Wildman–Crippen LogP) is 2.64. The van der Waals surface area contributed by atoms with Crippen LogP contribution in [0.1, 0.15) is 15.9 Å². The number of hydrogen-bond donors (Lipinski definition) is 2. The van der Waals surface area contributed by atoms with Gasteiger partial charge >= 0.3 is 0 Å². The van der Waals surface area contributed by atoms with Gasteiger partial charge in [0.05, 0.1) is 11.3 Å². The second kappa shape index (κ2) is 6.71. The highest BCUT2D eigenvalue weighted by molar-refractivity contribution is 6.30. The van der Waals surface area contributed by atoms with Crippen LogP contribution in [0, 0.1) is 0 Å². The molecule has 2 aromatic carbocycles. The van der Waals surface area contributed by atoms with Crippen molar-refractivity contribution in [3.8, 4) is 5.75 Å². The van der Waals surface area contributed by atoms with Crippen molar-refractivity contribution in [2.45, 2.75) is 6.42 Å². The van der Waals surface area contributed by atoms with Crippen molar-refractivity contribution in [2.24, 2.45) is 0 Å². The summed E-state index contributed by atoms with van der Waals surface area (Å²) in [6.45, 7) is 0.398. The first-order chi connectivity index (χ1) is 11.1. The molecule has 118 valence electrons. The van der Waals surface area contributed by atoms with Crippen LogP contribution >= 0.6 is 11.6 Å². The van der Waals surface area contributed by atoms with E-state index in [1.54, 1.807) is 18.2 Å². The molecule has 0 saturated heterocycles. The molecule has 6 heteroatoms. The SMILES string of the molecule is O=C1COc2c(cccc2C(=O)NCCc2cccc(Cl)c2)N1. The Bertz CT molecular complexity index is 761. The molecular weight excluding hydrogens is 316 g/mol. The van der Waals surface area contributed by atoms with Crippen LogP contribution in [0.25, 0.3) is 0 Å². The molecule has 3 rings (SSSR count). The van der Waals surface area contributed by atoms with Gasteiger partial charge in [-0.05, 0) is 36.2 Å². The molecule has 1 aliphatic rings. The molecule has 2 N–H and O–H groups in total. The number of fused-ring (bicyclic) bond motifs is 1. The van der Waals surface area contributed by atoms with Gasteiger partial charge in [0.2, 0.25) is 0 Å². The summed E-state index contributed by atoms with van der Waals surface area (Å²) in [5.41, 5.74) is 1.98. The van der Waals surface area contributed by atoms with E-state index in [1.807, 2.05) is 24.3 Å². The zero-order valence-electron chi connectivity index (χ0n) is 12.3. The second-order valence-electron chi connectivity index (χ2n) is 5.15. The van der Waals surface area contributed by atoms with Crippen LogP contribution < -0.4 is 15.4 Å². The minimum Gasteiger partial charge on any atom is -0.481 e. The number of amides is 2. The number of anilines is 1. The van der Waals surface area contributed by atoms with Crippen LogP contribution in [-0.4, -0.2) is 25.0 Å². The third-order valence-electron chi connectivity index (χ3n) is 3.47. The van der Waals surface area contributed by atoms with E-state index in [0.717, 1.165) is 5.56 Å². The molecule has 23 heavy (non-hydrogen) atoms. The molecule has 0 aliphatic carbocycles. The fraction of sp³-hybridized carbons (Fsp3) is 0.176. The Morgan fingerprint density at radius 2 is 2.09 bits per heavy atom. The van der Waals surface area contributed by atoms with Crippen LogP contribution in [0.15, 0.2) is 42.5 Å². The van der Waals surface area contributed by atoms with Gasteiger partial charge in [0.15, 0.2) is 12.4 Å². The van der Waals surface area contributed by atoms with E-state index in [-0.39, 0.29) is 18.4 Å². The average Bonchev–Trinajstić information content (AvgIpc) is 2.54. The molecule has 5 nitrogen and oxygen atoms in total. The first-order valence-corrected chi connectivity index (χ1v) is 7.59. The highest BCUT2D eigenvalue weighted by Gasteiger charge is 2.22. The van der Waals surface area contributed by atoms with E-state index in [0.29, 0.717) is 35.0 Å². The van der Waals surface area contributed by atoms with E-state index in [1.165, 1.54) is 0 Å². The molecule has 0 radical (unpaired) electrons. The first-order valence-electron chi connectivity index (χ1n) is 7.22. The van der Waals surface area contributed by atoms with Gasteiger partial charge in [0.1, 0.15) is 0 Å². The van der Waals surface area contributed by atoms with Gasteiger partial charge in [-0.15, -0.1) is 0 Å². The molecular formula is C17H15ClN2O3. The molecule has 0 spiro atoms. The third kappa shape index (κ3) is 3.63. The Morgan fingerprint density at radius 3 is 2.91 bits per heavy atom. The summed E-state index contributed by atoms with van der Waals surface area (Å²) in [6.07, 6.45) is 0.679. The maximum Gasteiger partial charge on any atom is 0.262 e. The number of benzene rings is 2. The minimum atomic E-state index is -0.236. The van der Waals surface area contributed by atoms with E-state index < -0.39 is 0 Å². The predicted molar refractivity (Wildman–Crippen MR) is 88.1 cm³/mol. The largest absolute Gasteiger partial charge is 0.481 e. The molecule has 0 unspecified atom stereocenters. The third-order valence-corrected chi connectivity index (χ3v) is 3.70. The molecule has 2 aromatic rings. The fourth-order valence-electron chi connectivity index (χ4n) is 2.40. The van der Waals surface area contributed by atoms with Crippen molar-refractivity contribution in [2.75, 3.05) is 18.5 Å². The average molecular weight is 331 g/mol. The van der Waals surface area contributed by atoms with Crippen LogP contribution in [0.3, 0.4) is 0 Å². The molecule has 0 saturated carbocycles. The lowest BCUT2D eigenvalue weighted by molar-refractivity contribution is -0.118. The van der Waals surface area contributed by atoms with Gasteiger partial charge in [-0.1, -0.05) is 29.8 Å². The Morgan fingerprint density at radius 1 is 1.26 bits per heavy atom. The summed E-state index contributed by atoms with van der Waals surface area (Å²) in [6, 6.07) is 12.6. The van der Waals surface area contributed by atoms with E-state index in [4.69, 9.17) is 16.3 Å². The Labute approximate surface area is 138 Å². The lowest BCUT2D eigenvalue weighted by atomic mass is 10.1. The number of ether oxygens (including phenoxy) is 1. The second-order valence-corrected chi connectivity index (χ2v) is 5.59. The smallest absolute Gasteiger partial charge is 0.262 e. The van der Waals surface area contributed by atoms with Gasteiger partial charge < -0.3 is 15.4 Å². The lowest BCUT2D eigenvalue weighted by Gasteiger charge is -2.20. The van der Waals surface area contributed by atoms with Gasteiger partial charge in [-0.25, -0.2) is 0 Å². The number of rotatable bonds is 4. The zero-order valence-corrected chi connectivity index (χ0v) is 13.0. The minimum absolute atomic E-state index is 0.0835. The lowest BCUT2D eigenvalue weighted by Crippen LogP contribution is -2.30. The van der Waals surface area contributed by atoms with Crippen LogP contribution in [-0.2, 0) is 11.2 Å². The highest BCUT2D eigenvalue weighted by atomic mass is 35.5. The van der Waals surface area contributed by atoms with Crippen molar-refractivity contribution in [1.82, 2.24) is 5.32 Å². The molecule has 2 amide bonds. The monoisotopic (exact) mass is 330 g/mol. The van der Waals surface area contributed by atoms with Crippen LogP contribution in [0.5, 0.6) is 5.75 Å². The van der Waals surface area contributed by atoms with E-state index in [2.05, 4.69) is 10.6 Å². The summed E-state index contributed by atoms with van der Waals surface area (Å²) in [5.74, 6) is -0.0524. The summed E-state index contributed by atoms with van der Waals surface area (Å²) >= 11 is 5.94. The molecule has 1 aliphatic heterocycles. The molecule has 0 aromatic heterocycles. The number of halogens is 1. The fourth-order valence-corrected chi connectivity index (χ4v) is 2.61. The molecule has 1 heterocycles. The van der Waals surface area contributed by atoms with Crippen molar-refractivity contribution < 1.29 is 14.3 Å². The van der Waals surface area contributed by atoms with Gasteiger partial charge in [-0.3, -0.25) is 9.59 Å². The van der Waals surface area contributed by atoms with Gasteiger partial charge in [-0.2, -0.15) is 0 Å². The van der Waals surface area contributed by atoms with Crippen molar-refractivity contribution >= 4 is 29.1 Å². The standard InChI is InChI=1S/C17H15ClN2O3/c18-12-4-1-3-11(9-12)7-8-19-17(22)13-5-2-6-14-16(13)23-10-15(21)20-14/h1-6,9H,7-8,10H2,(H,19,22)(H,20,21). The number of para-hydroxylation sites is 1. The number of hydrogen-bond acceptors (Lipinski definition) is 3. The number of nitrogens with one attached hydrogen (secondary N) is 2. The quantitative estimate of drug-likeness (QED) is 0.905. The van der Waals surface area contributed by atoms with Crippen molar-refractivity contribution in [1.29, 1.82) is 0 Å². The van der Waals surface area contributed by atoms with Gasteiger partial charge in [0.25, 0.3) is 11.8 Å². The first kappa shape index (κ1) is 15.4. The molecule has 0 bridgehead atoms. The molecule has 0 atom stereocenters. The maximum absolute atomic E-state index is 12.3. The van der Waals surface area contributed by atoms with Gasteiger partial charge in [0, 0.05) is 11.6 Å². The molecule has 0 fully saturated rings. The van der Waals surface area contributed by atoms with Crippen LogP contribution in [0.2, 0.25) is 5.02 Å². The van der Waals surface area contributed by atoms with Crippen molar-refractivity contribution in [3.63, 3.8) is 0 Å². The summed E-state index contributed by atoms with van der Waals surface area (Å²) in [4.78, 5) is 23.6. The van der Waals surface area contributed by atoms with E-state index in [9.17, 15) is 9.59 Å². The topological polar surface area (TPSA) is 67.4 Å². The summed E-state index contributed by atoms with van der Waals surface area (Å²) < 4.78 is 5.38. The number of carbonyl (C=O) groups excluding carboxylic acids is 2. The highest BCUT2D eigenvalue weighted by Crippen LogP contribution is 2.31. The van der Waals surface area contributed by atoms with E-state index >= 15 is 0 Å². The maximum atomic E-state index is 12.3.